The average Bonchev–Trinajstić information content (AvgIpc) is 3.13. The lowest BCUT2D eigenvalue weighted by molar-refractivity contribution is 0.996. The zero-order valence-corrected chi connectivity index (χ0v) is 17.7. The first-order valence-corrected chi connectivity index (χ1v) is 11.8. The highest BCUT2D eigenvalue weighted by Gasteiger charge is 2.32. The third-order valence-corrected chi connectivity index (χ3v) is 8.09. The summed E-state index contributed by atoms with van der Waals surface area (Å²) in [5.74, 6) is 3.85. The van der Waals surface area contributed by atoms with Gasteiger partial charge in [-0.3, -0.25) is 0 Å². The normalized spacial score (nSPS) is 14.9. The summed E-state index contributed by atoms with van der Waals surface area (Å²) in [7, 11) is 0. The van der Waals surface area contributed by atoms with Gasteiger partial charge in [0.25, 0.3) is 0 Å². The topological polar surface area (TPSA) is 4.93 Å². The second-order valence-electron chi connectivity index (χ2n) is 7.07. The molecule has 1 aromatic heterocycles. The van der Waals surface area contributed by atoms with Crippen molar-refractivity contribution in [1.29, 1.82) is 0 Å². The van der Waals surface area contributed by atoms with E-state index in [1.807, 2.05) is 23.5 Å². The van der Waals surface area contributed by atoms with Gasteiger partial charge >= 0.3 is 0 Å². The number of aromatic nitrogens is 1. The molecule has 0 amide bonds. The fraction of sp³-hybridized carbons (Fsp3) is 0.154. The molecule has 1 aliphatic rings. The summed E-state index contributed by atoms with van der Waals surface area (Å²) in [5.41, 5.74) is 6.59. The molecule has 3 heteroatoms. The number of benzene rings is 3. The molecule has 0 radical (unpaired) electrons. The number of fused-ring (bicyclic) bond motifs is 5. The number of hydrogen-bond donors (Lipinski definition) is 0. The fourth-order valence-corrected chi connectivity index (χ4v) is 6.87. The first-order chi connectivity index (χ1) is 14.4. The van der Waals surface area contributed by atoms with E-state index in [1.165, 1.54) is 38.3 Å². The lowest BCUT2D eigenvalue weighted by Crippen LogP contribution is -2.04. The van der Waals surface area contributed by atoms with Gasteiger partial charge in [0, 0.05) is 33.5 Å². The quantitative estimate of drug-likeness (QED) is 0.247. The molecule has 2 heterocycles. The van der Waals surface area contributed by atoms with Crippen molar-refractivity contribution >= 4 is 34.4 Å². The van der Waals surface area contributed by atoms with E-state index in [4.69, 9.17) is 6.42 Å². The van der Waals surface area contributed by atoms with Gasteiger partial charge in [0.05, 0.1) is 15.8 Å². The molecule has 0 bridgehead atoms. The Morgan fingerprint density at radius 2 is 1.69 bits per heavy atom. The summed E-state index contributed by atoms with van der Waals surface area (Å²) in [6.07, 6.45) is 7.37. The highest BCUT2D eigenvalue weighted by Crippen LogP contribution is 2.57. The molecule has 1 atom stereocenters. The molecule has 1 unspecified atom stereocenters. The molecule has 142 valence electrons. The van der Waals surface area contributed by atoms with E-state index in [9.17, 15) is 0 Å². The Kier molecular flexibility index (Phi) is 5.14. The molecular weight excluding hydrogens is 390 g/mol. The number of terminal acetylenes is 1. The lowest BCUT2D eigenvalue weighted by atomic mass is 10.1. The Labute approximate surface area is 180 Å². The molecule has 3 aromatic carbocycles. The number of para-hydroxylation sites is 2. The SMILES string of the molecule is C#CCCCSC1Sc2ccccc2-c2c1c1ccccc1n2-c1ccccc1. The van der Waals surface area contributed by atoms with Gasteiger partial charge in [0.2, 0.25) is 0 Å². The molecule has 0 N–H and O–H groups in total. The molecule has 0 fully saturated rings. The fourth-order valence-electron chi connectivity index (χ4n) is 4.04. The van der Waals surface area contributed by atoms with Gasteiger partial charge in [-0.1, -0.05) is 54.6 Å². The Hall–Kier alpha value is -2.54. The monoisotopic (exact) mass is 411 g/mol. The minimum atomic E-state index is 0.368. The van der Waals surface area contributed by atoms with Crippen LogP contribution in [0.4, 0.5) is 0 Å². The maximum absolute atomic E-state index is 5.46. The summed E-state index contributed by atoms with van der Waals surface area (Å²) < 4.78 is 2.81. The average molecular weight is 412 g/mol. The first-order valence-electron chi connectivity index (χ1n) is 9.88. The van der Waals surface area contributed by atoms with Crippen LogP contribution < -0.4 is 0 Å². The van der Waals surface area contributed by atoms with Crippen molar-refractivity contribution in [2.24, 2.45) is 0 Å². The molecule has 1 nitrogen and oxygen atoms in total. The molecule has 0 spiro atoms. The summed E-state index contributed by atoms with van der Waals surface area (Å²) >= 11 is 4.00. The van der Waals surface area contributed by atoms with Crippen LogP contribution in [0.15, 0.2) is 83.8 Å². The van der Waals surface area contributed by atoms with Crippen LogP contribution in [0, 0.1) is 12.3 Å². The van der Waals surface area contributed by atoms with Crippen molar-refractivity contribution in [3.63, 3.8) is 0 Å². The van der Waals surface area contributed by atoms with Crippen LogP contribution in [-0.2, 0) is 0 Å². The van der Waals surface area contributed by atoms with E-state index in [0.29, 0.717) is 4.58 Å². The van der Waals surface area contributed by atoms with Gasteiger partial charge in [-0.2, -0.15) is 0 Å². The van der Waals surface area contributed by atoms with E-state index >= 15 is 0 Å². The molecule has 29 heavy (non-hydrogen) atoms. The van der Waals surface area contributed by atoms with Crippen LogP contribution in [0.5, 0.6) is 0 Å². The molecule has 4 aromatic rings. The number of rotatable bonds is 5. The van der Waals surface area contributed by atoms with Crippen molar-refractivity contribution in [1.82, 2.24) is 4.57 Å². The van der Waals surface area contributed by atoms with Gasteiger partial charge in [-0.15, -0.1) is 35.9 Å². The molecule has 1 aliphatic heterocycles. The van der Waals surface area contributed by atoms with Crippen molar-refractivity contribution in [3.05, 3.63) is 84.4 Å². The standard InChI is InChI=1S/C26H21NS2/c1-2-3-11-18-28-26-24-20-14-7-9-16-22(20)27(19-12-5-4-6-13-19)25(24)21-15-8-10-17-23(21)29-26/h1,4-10,12-17,26H,3,11,18H2. The number of unbranched alkanes of at least 4 members (excludes halogenated alkanes) is 1. The first kappa shape index (κ1) is 18.5. The Balaban J connectivity index is 1.75. The third-order valence-electron chi connectivity index (χ3n) is 5.27. The van der Waals surface area contributed by atoms with Crippen LogP contribution in [0.3, 0.4) is 0 Å². The van der Waals surface area contributed by atoms with Gasteiger partial charge in [0.1, 0.15) is 0 Å². The number of nitrogens with zero attached hydrogens (tertiary/aromatic N) is 1. The summed E-state index contributed by atoms with van der Waals surface area (Å²) in [6, 6.07) is 28.3. The molecule has 0 saturated heterocycles. The smallest absolute Gasteiger partial charge is 0.0825 e. The van der Waals surface area contributed by atoms with Crippen molar-refractivity contribution < 1.29 is 0 Å². The summed E-state index contributed by atoms with van der Waals surface area (Å²) in [5, 5.41) is 1.35. The summed E-state index contributed by atoms with van der Waals surface area (Å²) in [4.78, 5) is 1.36. The van der Waals surface area contributed by atoms with Gasteiger partial charge < -0.3 is 4.57 Å². The van der Waals surface area contributed by atoms with E-state index in [-0.39, 0.29) is 0 Å². The van der Waals surface area contributed by atoms with Crippen molar-refractivity contribution in [3.8, 4) is 29.3 Å². The van der Waals surface area contributed by atoms with Gasteiger partial charge in [-0.05, 0) is 36.4 Å². The largest absolute Gasteiger partial charge is 0.309 e. The maximum atomic E-state index is 5.46. The predicted molar refractivity (Wildman–Crippen MR) is 128 cm³/mol. The number of hydrogen-bond acceptors (Lipinski definition) is 2. The molecular formula is C26H21NS2. The minimum absolute atomic E-state index is 0.368. The maximum Gasteiger partial charge on any atom is 0.0825 e. The Bertz CT molecular complexity index is 1200. The van der Waals surface area contributed by atoms with E-state index in [2.05, 4.69) is 89.4 Å². The third kappa shape index (κ3) is 3.27. The van der Waals surface area contributed by atoms with Crippen LogP contribution in [0.1, 0.15) is 23.0 Å². The van der Waals surface area contributed by atoms with Crippen molar-refractivity contribution in [2.75, 3.05) is 5.75 Å². The second-order valence-corrected chi connectivity index (χ2v) is 9.73. The van der Waals surface area contributed by atoms with Crippen molar-refractivity contribution in [2.45, 2.75) is 22.3 Å². The Morgan fingerprint density at radius 3 is 2.55 bits per heavy atom. The summed E-state index contributed by atoms with van der Waals surface area (Å²) in [6.45, 7) is 0. The van der Waals surface area contributed by atoms with Crippen LogP contribution in [0.2, 0.25) is 0 Å². The Morgan fingerprint density at radius 1 is 0.931 bits per heavy atom. The van der Waals surface area contributed by atoms with Crippen LogP contribution >= 0.6 is 23.5 Å². The highest BCUT2D eigenvalue weighted by molar-refractivity contribution is 8.16. The predicted octanol–water partition coefficient (Wildman–Crippen LogP) is 7.55. The van der Waals surface area contributed by atoms with Gasteiger partial charge in [-0.25, -0.2) is 0 Å². The van der Waals surface area contributed by atoms with Crippen LogP contribution in [-0.4, -0.2) is 10.3 Å². The van der Waals surface area contributed by atoms with E-state index in [0.717, 1.165) is 18.6 Å². The number of thioether (sulfide) groups is 2. The second kappa shape index (κ2) is 8.06. The highest BCUT2D eigenvalue weighted by atomic mass is 32.2. The zero-order valence-electron chi connectivity index (χ0n) is 16.0. The molecule has 0 saturated carbocycles. The van der Waals surface area contributed by atoms with Gasteiger partial charge in [0.15, 0.2) is 0 Å². The minimum Gasteiger partial charge on any atom is -0.309 e. The molecule has 0 aliphatic carbocycles. The van der Waals surface area contributed by atoms with E-state index in [1.54, 1.807) is 0 Å². The lowest BCUT2D eigenvalue weighted by Gasteiger charge is -2.26. The molecule has 5 rings (SSSR count). The van der Waals surface area contributed by atoms with Crippen LogP contribution in [0.25, 0.3) is 27.8 Å². The van der Waals surface area contributed by atoms with E-state index < -0.39 is 0 Å². The zero-order chi connectivity index (χ0) is 19.6.